The zero-order valence-electron chi connectivity index (χ0n) is 16.0. The van der Waals surface area contributed by atoms with Gasteiger partial charge in [-0.15, -0.1) is 0 Å². The lowest BCUT2D eigenvalue weighted by Crippen LogP contribution is -2.25. The van der Waals surface area contributed by atoms with Crippen molar-refractivity contribution in [3.8, 4) is 5.69 Å². The van der Waals surface area contributed by atoms with E-state index in [2.05, 4.69) is 20.6 Å². The zero-order valence-corrected chi connectivity index (χ0v) is 16.0. The van der Waals surface area contributed by atoms with E-state index in [4.69, 9.17) is 9.26 Å². The number of aryl methyl sites for hydroxylation is 1. The van der Waals surface area contributed by atoms with E-state index >= 15 is 0 Å². The highest BCUT2D eigenvalue weighted by atomic mass is 16.5. The monoisotopic (exact) mass is 381 g/mol. The lowest BCUT2D eigenvalue weighted by atomic mass is 10.1. The molecule has 0 spiro atoms. The highest BCUT2D eigenvalue weighted by Crippen LogP contribution is 2.26. The molecule has 146 valence electrons. The van der Waals surface area contributed by atoms with Gasteiger partial charge in [-0.3, -0.25) is 4.79 Å². The van der Waals surface area contributed by atoms with E-state index in [1.807, 2.05) is 48.9 Å². The Labute approximate surface area is 162 Å². The van der Waals surface area contributed by atoms with Gasteiger partial charge < -0.3 is 14.6 Å². The Balaban J connectivity index is 1.38. The van der Waals surface area contributed by atoms with Crippen LogP contribution in [0.15, 0.2) is 34.9 Å². The van der Waals surface area contributed by atoms with Crippen molar-refractivity contribution in [1.29, 1.82) is 0 Å². The van der Waals surface area contributed by atoms with Gasteiger partial charge in [-0.05, 0) is 38.8 Å². The molecule has 1 aliphatic heterocycles. The van der Waals surface area contributed by atoms with Crippen LogP contribution < -0.4 is 5.32 Å². The molecule has 1 saturated heterocycles. The lowest BCUT2D eigenvalue weighted by molar-refractivity contribution is -0.120. The van der Waals surface area contributed by atoms with Gasteiger partial charge in [-0.2, -0.15) is 10.1 Å². The molecule has 0 bridgehead atoms. The van der Waals surface area contributed by atoms with Gasteiger partial charge in [-0.1, -0.05) is 23.4 Å². The second kappa shape index (κ2) is 7.93. The molecular weight excluding hydrogens is 358 g/mol. The summed E-state index contributed by atoms with van der Waals surface area (Å²) in [4.78, 5) is 16.8. The average Bonchev–Trinajstić information content (AvgIpc) is 3.44. The van der Waals surface area contributed by atoms with E-state index in [1.54, 1.807) is 0 Å². The molecule has 1 fully saturated rings. The average molecular weight is 381 g/mol. The van der Waals surface area contributed by atoms with Crippen LogP contribution in [0.5, 0.6) is 0 Å². The minimum Gasteiger partial charge on any atom is -0.368 e. The fourth-order valence-electron chi connectivity index (χ4n) is 3.39. The van der Waals surface area contributed by atoms with E-state index in [0.29, 0.717) is 18.3 Å². The molecule has 0 aliphatic carbocycles. The molecule has 8 nitrogen and oxygen atoms in total. The molecular formula is C20H23N5O3. The third-order valence-corrected chi connectivity index (χ3v) is 4.91. The van der Waals surface area contributed by atoms with Gasteiger partial charge in [0, 0.05) is 17.9 Å². The third kappa shape index (κ3) is 3.82. The number of hydrogen-bond acceptors (Lipinski definition) is 6. The lowest BCUT2D eigenvalue weighted by Gasteiger charge is -2.06. The zero-order chi connectivity index (χ0) is 19.5. The number of benzene rings is 1. The van der Waals surface area contributed by atoms with Crippen LogP contribution in [0.2, 0.25) is 0 Å². The van der Waals surface area contributed by atoms with Crippen LogP contribution in [-0.4, -0.2) is 32.4 Å². The maximum Gasteiger partial charge on any atom is 0.255 e. The third-order valence-electron chi connectivity index (χ3n) is 4.91. The first-order valence-electron chi connectivity index (χ1n) is 9.43. The molecule has 3 aromatic rings. The molecule has 8 heteroatoms. The Bertz CT molecular complexity index is 958. The number of nitrogens with zero attached hydrogens (tertiary/aromatic N) is 4. The summed E-state index contributed by atoms with van der Waals surface area (Å²) in [6.45, 7) is 4.83. The summed E-state index contributed by atoms with van der Waals surface area (Å²) in [7, 11) is 0. The van der Waals surface area contributed by atoms with Crippen LogP contribution in [0, 0.1) is 13.8 Å². The van der Waals surface area contributed by atoms with Gasteiger partial charge in [0.1, 0.15) is 6.10 Å². The first-order valence-corrected chi connectivity index (χ1v) is 9.43. The van der Waals surface area contributed by atoms with Crippen LogP contribution >= 0.6 is 0 Å². The Morgan fingerprint density at radius 1 is 1.29 bits per heavy atom. The van der Waals surface area contributed by atoms with Crippen molar-refractivity contribution in [1.82, 2.24) is 25.2 Å². The van der Waals surface area contributed by atoms with Crippen molar-refractivity contribution < 1.29 is 14.1 Å². The Kier molecular flexibility index (Phi) is 5.21. The van der Waals surface area contributed by atoms with Gasteiger partial charge in [0.2, 0.25) is 5.91 Å². The Morgan fingerprint density at radius 3 is 2.86 bits per heavy atom. The van der Waals surface area contributed by atoms with Gasteiger partial charge in [-0.25, -0.2) is 4.68 Å². The highest BCUT2D eigenvalue weighted by molar-refractivity contribution is 5.79. The molecule has 1 amide bonds. The first-order chi connectivity index (χ1) is 13.6. The highest BCUT2D eigenvalue weighted by Gasteiger charge is 2.24. The van der Waals surface area contributed by atoms with Crippen molar-refractivity contribution in [2.75, 3.05) is 6.61 Å². The quantitative estimate of drug-likeness (QED) is 0.705. The second-order valence-electron chi connectivity index (χ2n) is 6.90. The summed E-state index contributed by atoms with van der Waals surface area (Å²) in [5.41, 5.74) is 3.70. The molecule has 1 aromatic carbocycles. The minimum absolute atomic E-state index is 0.109. The van der Waals surface area contributed by atoms with Crippen molar-refractivity contribution >= 4 is 5.91 Å². The summed E-state index contributed by atoms with van der Waals surface area (Å²) in [5.74, 6) is 0.826. The van der Waals surface area contributed by atoms with Gasteiger partial charge in [0.15, 0.2) is 5.82 Å². The summed E-state index contributed by atoms with van der Waals surface area (Å²) >= 11 is 0. The number of rotatable bonds is 6. The summed E-state index contributed by atoms with van der Waals surface area (Å²) < 4.78 is 12.6. The number of aromatic nitrogens is 4. The standard InChI is InChI=1S/C20H23N5O3/c1-13-16(14(2)25(23-13)15-7-4-3-5-8-15)11-19(26)21-12-18-22-20(28-24-18)17-9-6-10-27-17/h3-5,7-8,17H,6,9-12H2,1-2H3,(H,21,26). The molecule has 1 unspecified atom stereocenters. The van der Waals surface area contributed by atoms with E-state index in [-0.39, 0.29) is 25.0 Å². The molecule has 4 rings (SSSR count). The predicted octanol–water partition coefficient (Wildman–Crippen LogP) is 2.58. The number of amides is 1. The predicted molar refractivity (Wildman–Crippen MR) is 101 cm³/mol. The summed E-state index contributed by atoms with van der Waals surface area (Å²) in [5, 5.41) is 11.4. The molecule has 1 aliphatic rings. The van der Waals surface area contributed by atoms with Crippen LogP contribution in [0.3, 0.4) is 0 Å². The Hall–Kier alpha value is -3.00. The van der Waals surface area contributed by atoms with Crippen molar-refractivity contribution in [3.63, 3.8) is 0 Å². The van der Waals surface area contributed by atoms with Crippen LogP contribution in [-0.2, 0) is 22.5 Å². The number of hydrogen-bond donors (Lipinski definition) is 1. The first kappa shape index (κ1) is 18.4. The molecule has 0 saturated carbocycles. The normalized spacial score (nSPS) is 16.4. The van der Waals surface area contributed by atoms with E-state index in [0.717, 1.165) is 35.5 Å². The molecule has 28 heavy (non-hydrogen) atoms. The van der Waals surface area contributed by atoms with E-state index < -0.39 is 0 Å². The number of ether oxygens (including phenoxy) is 1. The van der Waals surface area contributed by atoms with Crippen LogP contribution in [0.25, 0.3) is 5.69 Å². The number of para-hydroxylation sites is 1. The summed E-state index contributed by atoms with van der Waals surface area (Å²) in [6.07, 6.45) is 2.01. The van der Waals surface area contributed by atoms with E-state index in [9.17, 15) is 4.79 Å². The fraction of sp³-hybridized carbons (Fsp3) is 0.400. The Morgan fingerprint density at radius 2 is 2.11 bits per heavy atom. The van der Waals surface area contributed by atoms with Crippen molar-refractivity contribution in [2.45, 2.75) is 45.8 Å². The second-order valence-corrected chi connectivity index (χ2v) is 6.90. The molecule has 1 N–H and O–H groups in total. The van der Waals surface area contributed by atoms with Gasteiger partial charge in [0.05, 0.1) is 24.3 Å². The number of carbonyl (C=O) groups is 1. The maximum atomic E-state index is 12.4. The number of nitrogens with one attached hydrogen (secondary N) is 1. The fourth-order valence-corrected chi connectivity index (χ4v) is 3.39. The smallest absolute Gasteiger partial charge is 0.255 e. The maximum absolute atomic E-state index is 12.4. The van der Waals surface area contributed by atoms with E-state index in [1.165, 1.54) is 0 Å². The molecule has 0 radical (unpaired) electrons. The van der Waals surface area contributed by atoms with Crippen LogP contribution in [0.1, 0.15) is 47.6 Å². The molecule has 3 heterocycles. The summed E-state index contributed by atoms with van der Waals surface area (Å²) in [6, 6.07) is 9.88. The van der Waals surface area contributed by atoms with Gasteiger partial charge >= 0.3 is 0 Å². The topological polar surface area (TPSA) is 95.1 Å². The molecule has 1 atom stereocenters. The van der Waals surface area contributed by atoms with Gasteiger partial charge in [0.25, 0.3) is 5.89 Å². The minimum atomic E-state index is -0.119. The molecule has 2 aromatic heterocycles. The van der Waals surface area contributed by atoms with Crippen molar-refractivity contribution in [2.24, 2.45) is 0 Å². The van der Waals surface area contributed by atoms with Crippen molar-refractivity contribution in [3.05, 3.63) is 59.0 Å². The van der Waals surface area contributed by atoms with Crippen LogP contribution in [0.4, 0.5) is 0 Å². The largest absolute Gasteiger partial charge is 0.368 e. The number of carbonyl (C=O) groups excluding carboxylic acids is 1. The SMILES string of the molecule is Cc1nn(-c2ccccc2)c(C)c1CC(=O)NCc1noc(C2CCCO2)n1.